The molecule has 1 aliphatic heterocycles. The Bertz CT molecular complexity index is 681. The summed E-state index contributed by atoms with van der Waals surface area (Å²) in [6.45, 7) is -0.339. The number of piperidine rings is 1. The van der Waals surface area contributed by atoms with Gasteiger partial charge in [0.05, 0.1) is 24.8 Å². The van der Waals surface area contributed by atoms with Crippen molar-refractivity contribution in [2.75, 3.05) is 32.1 Å². The molecule has 2 N–H and O–H groups in total. The van der Waals surface area contributed by atoms with Crippen molar-refractivity contribution in [3.63, 3.8) is 0 Å². The zero-order valence-corrected chi connectivity index (χ0v) is 13.8. The SMILES string of the molecule is COC(=O)c1ccc(C(F)(F)F)c(NC[C@H]2CCN(C(=O)O)C[C@@H]2F)c1. The van der Waals surface area contributed by atoms with Crippen LogP contribution in [0.5, 0.6) is 0 Å². The molecule has 1 aromatic rings. The first-order valence-electron chi connectivity index (χ1n) is 7.79. The number of likely N-dealkylation sites (tertiary alicyclic amines) is 1. The summed E-state index contributed by atoms with van der Waals surface area (Å²) in [5.74, 6) is -1.44. The van der Waals surface area contributed by atoms with Crippen LogP contribution in [0.15, 0.2) is 18.2 Å². The van der Waals surface area contributed by atoms with Gasteiger partial charge in [0.2, 0.25) is 0 Å². The predicted octanol–water partition coefficient (Wildman–Crippen LogP) is 3.24. The number of rotatable bonds is 4. The second-order valence-corrected chi connectivity index (χ2v) is 5.92. The topological polar surface area (TPSA) is 78.9 Å². The van der Waals surface area contributed by atoms with Gasteiger partial charge in [-0.3, -0.25) is 0 Å². The quantitative estimate of drug-likeness (QED) is 0.621. The zero-order chi connectivity index (χ0) is 19.5. The lowest BCUT2D eigenvalue weighted by molar-refractivity contribution is -0.137. The number of nitrogens with one attached hydrogen (secondary N) is 1. The van der Waals surface area contributed by atoms with Crippen molar-refractivity contribution in [1.82, 2.24) is 4.90 Å². The molecule has 0 aromatic heterocycles. The number of nitrogens with zero attached hydrogens (tertiary/aromatic N) is 1. The highest BCUT2D eigenvalue weighted by Gasteiger charge is 2.35. The van der Waals surface area contributed by atoms with Gasteiger partial charge in [0, 0.05) is 24.7 Å². The van der Waals surface area contributed by atoms with Crippen LogP contribution in [0.4, 0.5) is 28.0 Å². The Kier molecular flexibility index (Phi) is 5.94. The van der Waals surface area contributed by atoms with Gasteiger partial charge >= 0.3 is 18.2 Å². The van der Waals surface area contributed by atoms with E-state index >= 15 is 0 Å². The maximum Gasteiger partial charge on any atom is 0.418 e. The number of alkyl halides is 4. The van der Waals surface area contributed by atoms with Gasteiger partial charge in [0.1, 0.15) is 6.17 Å². The number of carbonyl (C=O) groups excluding carboxylic acids is 1. The molecule has 0 spiro atoms. The van der Waals surface area contributed by atoms with Crippen LogP contribution in [0.2, 0.25) is 0 Å². The molecule has 0 unspecified atom stereocenters. The van der Waals surface area contributed by atoms with E-state index in [1.807, 2.05) is 0 Å². The second-order valence-electron chi connectivity index (χ2n) is 5.92. The van der Waals surface area contributed by atoms with E-state index in [0.29, 0.717) is 0 Å². The van der Waals surface area contributed by atoms with E-state index in [1.54, 1.807) is 0 Å². The van der Waals surface area contributed by atoms with Crippen molar-refractivity contribution in [2.24, 2.45) is 5.92 Å². The number of halogens is 4. The molecule has 0 radical (unpaired) electrons. The summed E-state index contributed by atoms with van der Waals surface area (Å²) in [5.41, 5.74) is -1.41. The van der Waals surface area contributed by atoms with E-state index in [9.17, 15) is 27.2 Å². The van der Waals surface area contributed by atoms with Gasteiger partial charge < -0.3 is 20.1 Å². The van der Waals surface area contributed by atoms with Crippen molar-refractivity contribution in [1.29, 1.82) is 0 Å². The summed E-state index contributed by atoms with van der Waals surface area (Å²) in [6, 6.07) is 2.77. The normalized spacial score (nSPS) is 20.6. The van der Waals surface area contributed by atoms with E-state index in [-0.39, 0.29) is 37.3 Å². The first kappa shape index (κ1) is 19.8. The fraction of sp³-hybridized carbons (Fsp3) is 0.500. The van der Waals surface area contributed by atoms with Crippen molar-refractivity contribution in [3.8, 4) is 0 Å². The number of carbonyl (C=O) groups is 2. The molecule has 0 bridgehead atoms. The first-order chi connectivity index (χ1) is 12.1. The average Bonchev–Trinajstić information content (AvgIpc) is 2.58. The van der Waals surface area contributed by atoms with Crippen LogP contribution in [-0.4, -0.2) is 55.0 Å². The molecule has 1 aliphatic rings. The third-order valence-corrected chi connectivity index (χ3v) is 4.25. The number of benzene rings is 1. The van der Waals surface area contributed by atoms with Crippen LogP contribution < -0.4 is 5.32 Å². The van der Waals surface area contributed by atoms with E-state index < -0.39 is 35.9 Å². The minimum Gasteiger partial charge on any atom is -0.465 e. The fourth-order valence-corrected chi connectivity index (χ4v) is 2.78. The highest BCUT2D eigenvalue weighted by atomic mass is 19.4. The largest absolute Gasteiger partial charge is 0.465 e. The predicted molar refractivity (Wildman–Crippen MR) is 83.9 cm³/mol. The second kappa shape index (κ2) is 7.79. The third kappa shape index (κ3) is 4.55. The molecule has 6 nitrogen and oxygen atoms in total. The molecule has 2 atom stereocenters. The van der Waals surface area contributed by atoms with Gasteiger partial charge in [0.25, 0.3) is 0 Å². The average molecular weight is 378 g/mol. The van der Waals surface area contributed by atoms with Crippen molar-refractivity contribution in [3.05, 3.63) is 29.3 Å². The van der Waals surface area contributed by atoms with E-state index in [1.165, 1.54) is 0 Å². The van der Waals surface area contributed by atoms with Gasteiger partial charge in [-0.2, -0.15) is 13.2 Å². The van der Waals surface area contributed by atoms with E-state index in [2.05, 4.69) is 10.1 Å². The highest BCUT2D eigenvalue weighted by molar-refractivity contribution is 5.90. The molecule has 1 fully saturated rings. The maximum atomic E-state index is 14.1. The van der Waals surface area contributed by atoms with Gasteiger partial charge in [-0.15, -0.1) is 0 Å². The minimum absolute atomic E-state index is 0.0690. The summed E-state index contributed by atoms with van der Waals surface area (Å²) in [5, 5.41) is 11.4. The molecule has 1 amide bonds. The molecule has 0 aliphatic carbocycles. The molecule has 2 rings (SSSR count). The number of ether oxygens (including phenoxy) is 1. The van der Waals surface area contributed by atoms with Gasteiger partial charge in [0.15, 0.2) is 0 Å². The Hall–Kier alpha value is -2.52. The number of methoxy groups -OCH3 is 1. The number of carboxylic acid groups (broad SMARTS) is 1. The summed E-state index contributed by atoms with van der Waals surface area (Å²) < 4.78 is 58.0. The lowest BCUT2D eigenvalue weighted by Gasteiger charge is -2.33. The molecule has 26 heavy (non-hydrogen) atoms. The number of anilines is 1. The number of amides is 1. The summed E-state index contributed by atoms with van der Waals surface area (Å²) in [7, 11) is 1.11. The monoisotopic (exact) mass is 378 g/mol. The Morgan fingerprint density at radius 2 is 2.08 bits per heavy atom. The molecule has 1 aromatic carbocycles. The van der Waals surface area contributed by atoms with E-state index in [0.717, 1.165) is 30.2 Å². The van der Waals surface area contributed by atoms with Gasteiger partial charge in [-0.25, -0.2) is 14.0 Å². The number of esters is 1. The summed E-state index contributed by atoms with van der Waals surface area (Å²) >= 11 is 0. The van der Waals surface area contributed by atoms with E-state index in [4.69, 9.17) is 5.11 Å². The highest BCUT2D eigenvalue weighted by Crippen LogP contribution is 2.36. The molecule has 1 saturated heterocycles. The molecule has 10 heteroatoms. The molecule has 144 valence electrons. The van der Waals surface area contributed by atoms with Crippen LogP contribution in [0, 0.1) is 5.92 Å². The summed E-state index contributed by atoms with van der Waals surface area (Å²) in [6.07, 6.45) is -7.20. The van der Waals surface area contributed by atoms with Crippen LogP contribution >= 0.6 is 0 Å². The zero-order valence-electron chi connectivity index (χ0n) is 13.8. The Labute approximate surface area is 146 Å². The number of hydrogen-bond donors (Lipinski definition) is 2. The van der Waals surface area contributed by atoms with Gasteiger partial charge in [-0.05, 0) is 24.6 Å². The Morgan fingerprint density at radius 1 is 1.38 bits per heavy atom. The van der Waals surface area contributed by atoms with Crippen molar-refractivity contribution < 1.29 is 37.0 Å². The van der Waals surface area contributed by atoms with Crippen LogP contribution in [-0.2, 0) is 10.9 Å². The van der Waals surface area contributed by atoms with Crippen LogP contribution in [0.1, 0.15) is 22.3 Å². The molecule has 0 saturated carbocycles. The lowest BCUT2D eigenvalue weighted by Crippen LogP contribution is -2.46. The molecule has 1 heterocycles. The molecular weight excluding hydrogens is 360 g/mol. The first-order valence-corrected chi connectivity index (χ1v) is 7.79. The summed E-state index contributed by atoms with van der Waals surface area (Å²) in [4.78, 5) is 23.3. The smallest absolute Gasteiger partial charge is 0.418 e. The Balaban J connectivity index is 2.14. The number of hydrogen-bond acceptors (Lipinski definition) is 4. The Morgan fingerprint density at radius 3 is 2.62 bits per heavy atom. The van der Waals surface area contributed by atoms with Crippen molar-refractivity contribution in [2.45, 2.75) is 18.8 Å². The minimum atomic E-state index is -4.65. The molecular formula is C16H18F4N2O4. The third-order valence-electron chi connectivity index (χ3n) is 4.25. The van der Waals surface area contributed by atoms with Gasteiger partial charge in [-0.1, -0.05) is 0 Å². The van der Waals surface area contributed by atoms with Crippen LogP contribution in [0.25, 0.3) is 0 Å². The lowest BCUT2D eigenvalue weighted by atomic mass is 9.94. The maximum absolute atomic E-state index is 14.1. The fourth-order valence-electron chi connectivity index (χ4n) is 2.78. The van der Waals surface area contributed by atoms with Crippen molar-refractivity contribution >= 4 is 17.7 Å². The standard InChI is InChI=1S/C16H18F4N2O4/c1-26-14(23)9-2-3-11(16(18,19)20)13(6-9)21-7-10-4-5-22(15(24)25)8-12(10)17/h2-3,6,10,12,21H,4-5,7-8H2,1H3,(H,24,25)/t10-,12+/m1/s1. The van der Waals surface area contributed by atoms with Crippen LogP contribution in [0.3, 0.4) is 0 Å².